The number of nitro groups is 1. The van der Waals surface area contributed by atoms with Crippen LogP contribution in [0.3, 0.4) is 0 Å². The molecular formula is C10H8FN3O2. The number of benzene rings is 1. The summed E-state index contributed by atoms with van der Waals surface area (Å²) in [6.07, 6.45) is 3.17. The van der Waals surface area contributed by atoms with Crippen LogP contribution in [0.4, 0.5) is 10.1 Å². The summed E-state index contributed by atoms with van der Waals surface area (Å²) in [6, 6.07) is 3.41. The summed E-state index contributed by atoms with van der Waals surface area (Å²) in [5, 5.41) is 10.6. The van der Waals surface area contributed by atoms with Gasteiger partial charge in [-0.3, -0.25) is 10.1 Å². The molecule has 16 heavy (non-hydrogen) atoms. The zero-order chi connectivity index (χ0) is 11.7. The predicted molar refractivity (Wildman–Crippen MR) is 54.9 cm³/mol. The molecule has 0 bridgehead atoms. The molecule has 0 radical (unpaired) electrons. The summed E-state index contributed by atoms with van der Waals surface area (Å²) in [5.41, 5.74) is 0.116. The first-order valence-electron chi connectivity index (χ1n) is 4.53. The van der Waals surface area contributed by atoms with Crippen LogP contribution in [0.5, 0.6) is 0 Å². The van der Waals surface area contributed by atoms with Gasteiger partial charge in [-0.25, -0.2) is 9.37 Å². The first kappa shape index (κ1) is 10.3. The second-order valence-corrected chi connectivity index (χ2v) is 3.27. The highest BCUT2D eigenvalue weighted by atomic mass is 19.1. The molecule has 0 N–H and O–H groups in total. The van der Waals surface area contributed by atoms with E-state index in [0.29, 0.717) is 11.5 Å². The second-order valence-electron chi connectivity index (χ2n) is 3.27. The fourth-order valence-electron chi connectivity index (χ4n) is 1.45. The van der Waals surface area contributed by atoms with E-state index in [2.05, 4.69) is 4.98 Å². The lowest BCUT2D eigenvalue weighted by Crippen LogP contribution is -1.98. The van der Waals surface area contributed by atoms with Crippen LogP contribution in [-0.4, -0.2) is 14.5 Å². The van der Waals surface area contributed by atoms with Crippen LogP contribution in [0.2, 0.25) is 0 Å². The van der Waals surface area contributed by atoms with Gasteiger partial charge in [0.1, 0.15) is 11.6 Å². The van der Waals surface area contributed by atoms with Gasteiger partial charge in [0.25, 0.3) is 5.69 Å². The molecule has 1 aromatic heterocycles. The average Bonchev–Trinajstić information content (AvgIpc) is 2.63. The van der Waals surface area contributed by atoms with E-state index in [-0.39, 0.29) is 5.69 Å². The number of rotatable bonds is 2. The normalized spacial score (nSPS) is 10.4. The van der Waals surface area contributed by atoms with Gasteiger partial charge in [0.15, 0.2) is 0 Å². The highest BCUT2D eigenvalue weighted by molar-refractivity contribution is 5.44. The van der Waals surface area contributed by atoms with E-state index in [4.69, 9.17) is 0 Å². The minimum atomic E-state index is -0.641. The van der Waals surface area contributed by atoms with Gasteiger partial charge in [0, 0.05) is 18.5 Å². The van der Waals surface area contributed by atoms with Gasteiger partial charge in [-0.05, 0) is 13.0 Å². The first-order valence-corrected chi connectivity index (χ1v) is 4.53. The zero-order valence-corrected chi connectivity index (χ0v) is 8.42. The standard InChI is InChI=1S/C10H8FN3O2/c1-7-12-2-3-13(7)9-4-8(11)5-10(6-9)14(15)16/h2-6H,1H3. The third kappa shape index (κ3) is 1.77. The molecule has 6 heteroatoms. The maximum Gasteiger partial charge on any atom is 0.274 e. The summed E-state index contributed by atoms with van der Waals surface area (Å²) in [7, 11) is 0. The number of hydrogen-bond acceptors (Lipinski definition) is 3. The second kappa shape index (κ2) is 3.73. The number of non-ortho nitro benzene ring substituents is 1. The van der Waals surface area contributed by atoms with Gasteiger partial charge in [-0.1, -0.05) is 0 Å². The summed E-state index contributed by atoms with van der Waals surface area (Å²) in [4.78, 5) is 13.9. The van der Waals surface area contributed by atoms with Crippen LogP contribution in [0.15, 0.2) is 30.6 Å². The molecule has 0 saturated carbocycles. The van der Waals surface area contributed by atoms with Crippen molar-refractivity contribution in [3.8, 4) is 5.69 Å². The Hall–Kier alpha value is -2.24. The molecule has 1 heterocycles. The predicted octanol–water partition coefficient (Wildman–Crippen LogP) is 2.23. The van der Waals surface area contributed by atoms with Crippen molar-refractivity contribution in [1.29, 1.82) is 0 Å². The third-order valence-electron chi connectivity index (χ3n) is 2.18. The molecule has 0 saturated heterocycles. The van der Waals surface area contributed by atoms with Crippen molar-refractivity contribution in [3.05, 3.63) is 52.3 Å². The zero-order valence-electron chi connectivity index (χ0n) is 8.42. The van der Waals surface area contributed by atoms with Gasteiger partial charge in [0.2, 0.25) is 0 Å². The molecule has 0 unspecified atom stereocenters. The molecule has 0 fully saturated rings. The number of nitro benzene ring substituents is 1. The van der Waals surface area contributed by atoms with Crippen molar-refractivity contribution in [1.82, 2.24) is 9.55 Å². The molecule has 0 aliphatic rings. The Kier molecular flexibility index (Phi) is 2.40. The Balaban J connectivity index is 2.58. The molecule has 0 spiro atoms. The number of halogens is 1. The summed E-state index contributed by atoms with van der Waals surface area (Å²) in [6.45, 7) is 1.73. The van der Waals surface area contributed by atoms with Gasteiger partial charge < -0.3 is 4.57 Å². The quantitative estimate of drug-likeness (QED) is 0.577. The van der Waals surface area contributed by atoms with Crippen molar-refractivity contribution in [2.24, 2.45) is 0 Å². The van der Waals surface area contributed by atoms with E-state index in [9.17, 15) is 14.5 Å². The molecule has 1 aromatic carbocycles. The van der Waals surface area contributed by atoms with E-state index in [1.54, 1.807) is 23.9 Å². The Labute approximate surface area is 90.3 Å². The monoisotopic (exact) mass is 221 g/mol. The summed E-state index contributed by atoms with van der Waals surface area (Å²) < 4.78 is 14.8. The minimum Gasteiger partial charge on any atom is -0.304 e. The highest BCUT2D eigenvalue weighted by Crippen LogP contribution is 2.20. The van der Waals surface area contributed by atoms with Crippen LogP contribution >= 0.6 is 0 Å². The van der Waals surface area contributed by atoms with Crippen molar-refractivity contribution >= 4 is 5.69 Å². The lowest BCUT2D eigenvalue weighted by Gasteiger charge is -2.04. The van der Waals surface area contributed by atoms with Crippen LogP contribution in [0.1, 0.15) is 5.82 Å². The smallest absolute Gasteiger partial charge is 0.274 e. The van der Waals surface area contributed by atoms with Crippen LogP contribution in [0, 0.1) is 22.9 Å². The number of hydrogen-bond donors (Lipinski definition) is 0. The topological polar surface area (TPSA) is 61.0 Å². The van der Waals surface area contributed by atoms with Gasteiger partial charge in [-0.2, -0.15) is 0 Å². The van der Waals surface area contributed by atoms with E-state index < -0.39 is 10.7 Å². The number of nitrogens with zero attached hydrogens (tertiary/aromatic N) is 3. The van der Waals surface area contributed by atoms with Gasteiger partial charge >= 0.3 is 0 Å². The van der Waals surface area contributed by atoms with E-state index >= 15 is 0 Å². The Bertz CT molecular complexity index is 551. The fourth-order valence-corrected chi connectivity index (χ4v) is 1.45. The van der Waals surface area contributed by atoms with Gasteiger partial charge in [-0.15, -0.1) is 0 Å². The van der Waals surface area contributed by atoms with Crippen LogP contribution in [0.25, 0.3) is 5.69 Å². The van der Waals surface area contributed by atoms with Crippen molar-refractivity contribution in [2.45, 2.75) is 6.92 Å². The largest absolute Gasteiger partial charge is 0.304 e. The SMILES string of the molecule is Cc1nccn1-c1cc(F)cc([N+](=O)[O-])c1. The van der Waals surface area contributed by atoms with Crippen LogP contribution < -0.4 is 0 Å². The van der Waals surface area contributed by atoms with Crippen LogP contribution in [-0.2, 0) is 0 Å². The maximum atomic E-state index is 13.2. The number of aromatic nitrogens is 2. The Morgan fingerprint density at radius 1 is 1.44 bits per heavy atom. The molecule has 2 rings (SSSR count). The summed E-state index contributed by atoms with van der Waals surface area (Å²) in [5.74, 6) is -0.00259. The lowest BCUT2D eigenvalue weighted by molar-refractivity contribution is -0.385. The molecule has 82 valence electrons. The molecule has 0 aliphatic heterocycles. The molecular weight excluding hydrogens is 213 g/mol. The lowest BCUT2D eigenvalue weighted by atomic mass is 10.2. The van der Waals surface area contributed by atoms with E-state index in [1.807, 2.05) is 0 Å². The average molecular weight is 221 g/mol. The van der Waals surface area contributed by atoms with Crippen molar-refractivity contribution < 1.29 is 9.31 Å². The molecule has 0 amide bonds. The molecule has 0 aliphatic carbocycles. The molecule has 0 atom stereocenters. The number of imidazole rings is 1. The summed E-state index contributed by atoms with van der Waals surface area (Å²) >= 11 is 0. The van der Waals surface area contributed by atoms with Crippen molar-refractivity contribution in [3.63, 3.8) is 0 Å². The van der Waals surface area contributed by atoms with E-state index in [1.165, 1.54) is 12.1 Å². The molecule has 2 aromatic rings. The number of aryl methyl sites for hydroxylation is 1. The first-order chi connectivity index (χ1) is 7.58. The minimum absolute atomic E-state index is 0.275. The van der Waals surface area contributed by atoms with Crippen molar-refractivity contribution in [2.75, 3.05) is 0 Å². The molecule has 5 nitrogen and oxygen atoms in total. The van der Waals surface area contributed by atoms with E-state index in [0.717, 1.165) is 6.07 Å². The van der Waals surface area contributed by atoms with Gasteiger partial charge in [0.05, 0.1) is 16.7 Å². The maximum absolute atomic E-state index is 13.2. The highest BCUT2D eigenvalue weighted by Gasteiger charge is 2.11. The fraction of sp³-hybridized carbons (Fsp3) is 0.100. The third-order valence-corrected chi connectivity index (χ3v) is 2.18. The Morgan fingerprint density at radius 3 is 2.75 bits per heavy atom. The Morgan fingerprint density at radius 2 is 2.19 bits per heavy atom.